The lowest BCUT2D eigenvalue weighted by atomic mass is 9.90. The highest BCUT2D eigenvalue weighted by molar-refractivity contribution is 7.09. The lowest BCUT2D eigenvalue weighted by molar-refractivity contribution is 0.0911. The van der Waals surface area contributed by atoms with Crippen LogP contribution in [0.2, 0.25) is 5.02 Å². The van der Waals surface area contributed by atoms with E-state index in [0.717, 1.165) is 19.3 Å². The van der Waals surface area contributed by atoms with E-state index in [4.69, 9.17) is 16.3 Å². The summed E-state index contributed by atoms with van der Waals surface area (Å²) < 4.78 is 19.5. The summed E-state index contributed by atoms with van der Waals surface area (Å²) in [5.74, 6) is -0.150. The Kier molecular flexibility index (Phi) is 7.97. The van der Waals surface area contributed by atoms with E-state index >= 15 is 0 Å². The number of para-hydroxylation sites is 1. The molecule has 2 aromatic carbocycles. The van der Waals surface area contributed by atoms with Crippen LogP contribution in [-0.2, 0) is 6.61 Å². The number of carbonyl (C=O) groups is 2. The van der Waals surface area contributed by atoms with Gasteiger partial charge in [-0.1, -0.05) is 36.6 Å². The van der Waals surface area contributed by atoms with Crippen molar-refractivity contribution in [3.8, 4) is 5.75 Å². The van der Waals surface area contributed by atoms with Crippen molar-refractivity contribution in [3.05, 3.63) is 75.5 Å². The first kappa shape index (κ1) is 24.0. The van der Waals surface area contributed by atoms with Gasteiger partial charge in [-0.25, -0.2) is 14.2 Å². The fraction of sp³-hybridized carbons (Fsp3) is 0.292. The van der Waals surface area contributed by atoms with Crippen LogP contribution in [0.4, 0.5) is 14.9 Å². The summed E-state index contributed by atoms with van der Waals surface area (Å²) in [5.41, 5.74) is 0.409. The van der Waals surface area contributed by atoms with Crippen molar-refractivity contribution in [1.29, 1.82) is 0 Å². The summed E-state index contributed by atoms with van der Waals surface area (Å²) in [6, 6.07) is 12.0. The second-order valence-electron chi connectivity index (χ2n) is 7.92. The highest BCUT2D eigenvalue weighted by Gasteiger charge is 2.29. The standard InChI is InChI=1S/C24H24ClFN4O3S/c25-15-9-11-16(12-10-15)33-13-22-27-21(14-34-22)23(31)28-19-7-3-4-8-20(19)30-24(32)29-18-6-2-1-5-17(18)26/h1-2,5-6,9-12,14,19-20H,3-4,7-8,13H2,(H,28,31)(H2,29,30,32)/t19-,20-/m1/s1. The van der Waals surface area contributed by atoms with Crippen LogP contribution in [0.3, 0.4) is 0 Å². The molecule has 0 spiro atoms. The summed E-state index contributed by atoms with van der Waals surface area (Å²) in [4.78, 5) is 29.6. The SMILES string of the molecule is O=C(Nc1ccccc1F)N[C@@H]1CCCC[C@H]1NC(=O)c1csc(COc2ccc(Cl)cc2)n1. The van der Waals surface area contributed by atoms with E-state index in [0.29, 0.717) is 27.9 Å². The van der Waals surface area contributed by atoms with Gasteiger partial charge in [-0.2, -0.15) is 0 Å². The van der Waals surface area contributed by atoms with Gasteiger partial charge in [0.2, 0.25) is 0 Å². The number of carbonyl (C=O) groups excluding carboxylic acids is 2. The summed E-state index contributed by atoms with van der Waals surface area (Å²) in [5, 5.41) is 11.4. The molecule has 3 aromatic rings. The third kappa shape index (κ3) is 6.45. The summed E-state index contributed by atoms with van der Waals surface area (Å²) in [6.07, 6.45) is 3.31. The average Bonchev–Trinajstić information content (AvgIpc) is 3.31. The molecule has 0 aliphatic heterocycles. The molecule has 0 bridgehead atoms. The first-order chi connectivity index (χ1) is 16.5. The molecule has 1 aromatic heterocycles. The van der Waals surface area contributed by atoms with Gasteiger partial charge < -0.3 is 20.7 Å². The molecule has 1 heterocycles. The summed E-state index contributed by atoms with van der Waals surface area (Å²) in [7, 11) is 0. The van der Waals surface area contributed by atoms with Crippen LogP contribution in [0.15, 0.2) is 53.9 Å². The second kappa shape index (κ2) is 11.3. The Morgan fingerprint density at radius 2 is 1.76 bits per heavy atom. The fourth-order valence-electron chi connectivity index (χ4n) is 3.77. The number of nitrogens with zero attached hydrogens (tertiary/aromatic N) is 1. The monoisotopic (exact) mass is 502 g/mol. The normalized spacial score (nSPS) is 17.6. The first-order valence-electron chi connectivity index (χ1n) is 10.9. The highest BCUT2D eigenvalue weighted by atomic mass is 35.5. The number of urea groups is 1. The number of hydrogen-bond donors (Lipinski definition) is 3. The Morgan fingerprint density at radius 1 is 1.06 bits per heavy atom. The van der Waals surface area contributed by atoms with Gasteiger partial charge in [0.25, 0.3) is 5.91 Å². The van der Waals surface area contributed by atoms with E-state index in [1.807, 2.05) is 0 Å². The fourth-order valence-corrected chi connectivity index (χ4v) is 4.58. The molecule has 34 heavy (non-hydrogen) atoms. The van der Waals surface area contributed by atoms with Crippen molar-refractivity contribution >= 4 is 40.6 Å². The Morgan fingerprint density at radius 3 is 2.50 bits per heavy atom. The minimum atomic E-state index is -0.509. The molecule has 10 heteroatoms. The van der Waals surface area contributed by atoms with Gasteiger partial charge in [0, 0.05) is 16.4 Å². The number of halogens is 2. The average molecular weight is 503 g/mol. The number of aromatic nitrogens is 1. The van der Waals surface area contributed by atoms with Gasteiger partial charge in [0.05, 0.1) is 11.7 Å². The Hall–Kier alpha value is -3.17. The van der Waals surface area contributed by atoms with Crippen LogP contribution >= 0.6 is 22.9 Å². The Balaban J connectivity index is 1.31. The zero-order valence-electron chi connectivity index (χ0n) is 18.2. The molecule has 0 unspecified atom stereocenters. The number of rotatable bonds is 7. The quantitative estimate of drug-likeness (QED) is 0.404. The molecule has 1 aliphatic carbocycles. The predicted octanol–water partition coefficient (Wildman–Crippen LogP) is 5.38. The minimum Gasteiger partial charge on any atom is -0.486 e. The van der Waals surface area contributed by atoms with Crippen molar-refractivity contribution in [2.75, 3.05) is 5.32 Å². The maximum atomic E-state index is 13.8. The van der Waals surface area contributed by atoms with Gasteiger partial charge in [0.1, 0.15) is 28.9 Å². The van der Waals surface area contributed by atoms with Gasteiger partial charge in [-0.05, 0) is 49.2 Å². The number of thiazole rings is 1. The molecule has 3 N–H and O–H groups in total. The first-order valence-corrected chi connectivity index (χ1v) is 12.2. The van der Waals surface area contributed by atoms with Crippen LogP contribution in [-0.4, -0.2) is 29.0 Å². The molecular formula is C24H24ClFN4O3S. The van der Waals surface area contributed by atoms with E-state index < -0.39 is 11.8 Å². The molecule has 0 radical (unpaired) electrons. The Labute approximate surface area is 205 Å². The third-order valence-corrected chi connectivity index (χ3v) is 6.56. The molecule has 7 nitrogen and oxygen atoms in total. The Bertz CT molecular complexity index is 1140. The number of benzene rings is 2. The largest absolute Gasteiger partial charge is 0.486 e. The van der Waals surface area contributed by atoms with E-state index in [1.54, 1.807) is 41.8 Å². The van der Waals surface area contributed by atoms with Crippen molar-refractivity contribution in [1.82, 2.24) is 15.6 Å². The lowest BCUT2D eigenvalue weighted by Crippen LogP contribution is -2.54. The lowest BCUT2D eigenvalue weighted by Gasteiger charge is -2.32. The van der Waals surface area contributed by atoms with Crippen LogP contribution < -0.4 is 20.7 Å². The molecule has 0 saturated heterocycles. The number of ether oxygens (including phenoxy) is 1. The number of nitrogens with one attached hydrogen (secondary N) is 3. The molecule has 1 aliphatic rings. The molecule has 3 amide bonds. The van der Waals surface area contributed by atoms with E-state index in [2.05, 4.69) is 20.9 Å². The molecule has 178 valence electrons. The van der Waals surface area contributed by atoms with E-state index in [9.17, 15) is 14.0 Å². The number of amides is 3. The second-order valence-corrected chi connectivity index (χ2v) is 9.30. The zero-order chi connectivity index (χ0) is 23.9. The van der Waals surface area contributed by atoms with Crippen molar-refractivity contribution in [3.63, 3.8) is 0 Å². The summed E-state index contributed by atoms with van der Waals surface area (Å²) in [6.45, 7) is 0.239. The zero-order valence-corrected chi connectivity index (χ0v) is 19.8. The summed E-state index contributed by atoms with van der Waals surface area (Å²) >= 11 is 7.21. The van der Waals surface area contributed by atoms with E-state index in [1.165, 1.54) is 23.5 Å². The highest BCUT2D eigenvalue weighted by Crippen LogP contribution is 2.21. The van der Waals surface area contributed by atoms with E-state index in [-0.39, 0.29) is 30.3 Å². The molecular weight excluding hydrogens is 479 g/mol. The maximum absolute atomic E-state index is 13.8. The molecule has 2 atom stereocenters. The third-order valence-electron chi connectivity index (χ3n) is 5.48. The van der Waals surface area contributed by atoms with Gasteiger partial charge in [-0.3, -0.25) is 4.79 Å². The van der Waals surface area contributed by atoms with Gasteiger partial charge >= 0.3 is 6.03 Å². The number of hydrogen-bond acceptors (Lipinski definition) is 5. The molecule has 1 saturated carbocycles. The van der Waals surface area contributed by atoms with Crippen LogP contribution in [0, 0.1) is 5.82 Å². The topological polar surface area (TPSA) is 92.4 Å². The van der Waals surface area contributed by atoms with Gasteiger partial charge in [-0.15, -0.1) is 11.3 Å². The smallest absolute Gasteiger partial charge is 0.319 e. The van der Waals surface area contributed by atoms with Crippen molar-refractivity contribution in [2.45, 2.75) is 44.4 Å². The van der Waals surface area contributed by atoms with Crippen molar-refractivity contribution < 1.29 is 18.7 Å². The predicted molar refractivity (Wildman–Crippen MR) is 130 cm³/mol. The molecule has 1 fully saturated rings. The van der Waals surface area contributed by atoms with Crippen LogP contribution in [0.1, 0.15) is 41.2 Å². The molecule has 4 rings (SSSR count). The van der Waals surface area contributed by atoms with Crippen LogP contribution in [0.25, 0.3) is 0 Å². The van der Waals surface area contributed by atoms with Crippen LogP contribution in [0.5, 0.6) is 5.75 Å². The maximum Gasteiger partial charge on any atom is 0.319 e. The minimum absolute atomic E-state index is 0.104. The number of anilines is 1. The van der Waals surface area contributed by atoms with Gasteiger partial charge in [0.15, 0.2) is 0 Å². The van der Waals surface area contributed by atoms with Crippen molar-refractivity contribution in [2.24, 2.45) is 0 Å².